The van der Waals surface area contributed by atoms with Crippen molar-refractivity contribution < 1.29 is 4.21 Å². The van der Waals surface area contributed by atoms with E-state index in [2.05, 4.69) is 60.7 Å². The summed E-state index contributed by atoms with van der Waals surface area (Å²) < 4.78 is 14.2. The summed E-state index contributed by atoms with van der Waals surface area (Å²) in [4.78, 5) is 0. The van der Waals surface area contributed by atoms with Gasteiger partial charge in [0.2, 0.25) is 0 Å². The highest BCUT2D eigenvalue weighted by molar-refractivity contribution is 7.87. The number of hydrogen-bond donors (Lipinski definition) is 0. The molecule has 0 atom stereocenters. The molecule has 0 saturated heterocycles. The first-order valence-electron chi connectivity index (χ1n) is 10.3. The molecule has 0 unspecified atom stereocenters. The summed E-state index contributed by atoms with van der Waals surface area (Å²) in [7, 11) is -0.912. The second-order valence-electron chi connectivity index (χ2n) is 8.11. The molecule has 2 fully saturated rings. The molecule has 2 heteroatoms. The Labute approximate surface area is 160 Å². The molecule has 2 aromatic carbocycles. The van der Waals surface area contributed by atoms with Crippen molar-refractivity contribution in [2.75, 3.05) is 0 Å². The molecule has 0 amide bonds. The first-order chi connectivity index (χ1) is 12.8. The minimum Gasteiger partial charge on any atom is -0.258 e. The molecule has 26 heavy (non-hydrogen) atoms. The topological polar surface area (TPSA) is 17.1 Å². The molecule has 1 nitrogen and oxygen atoms in total. The lowest BCUT2D eigenvalue weighted by atomic mass is 9.82. The minimum absolute atomic E-state index is 0.174. The standard InChI is InChI=1S/C24H30OS/c25-26(23(17-9-3-10-18-23)21-13-5-1-6-14-21)24(19-11-4-12-20-24)22-15-7-2-8-16-22/h1-2,5-8,13-16H,3-4,9-12,17-20H2. The van der Waals surface area contributed by atoms with Crippen molar-refractivity contribution in [1.82, 2.24) is 0 Å². The fourth-order valence-corrected chi connectivity index (χ4v) is 8.03. The Bertz CT molecular complexity index is 662. The molecule has 0 N–H and O–H groups in total. The van der Waals surface area contributed by atoms with E-state index < -0.39 is 10.8 Å². The van der Waals surface area contributed by atoms with E-state index >= 15 is 0 Å². The molecule has 0 aromatic heterocycles. The second kappa shape index (κ2) is 7.68. The molecule has 2 aromatic rings. The molecule has 0 heterocycles. The van der Waals surface area contributed by atoms with Gasteiger partial charge < -0.3 is 0 Å². The quantitative estimate of drug-likeness (QED) is 0.607. The summed E-state index contributed by atoms with van der Waals surface area (Å²) in [6.07, 6.45) is 11.6. The van der Waals surface area contributed by atoms with Crippen molar-refractivity contribution in [3.05, 3.63) is 71.8 Å². The highest BCUT2D eigenvalue weighted by Gasteiger charge is 2.51. The summed E-state index contributed by atoms with van der Waals surface area (Å²) >= 11 is 0. The monoisotopic (exact) mass is 366 g/mol. The molecular formula is C24H30OS. The lowest BCUT2D eigenvalue weighted by Gasteiger charge is -2.47. The maximum atomic E-state index is 14.5. The van der Waals surface area contributed by atoms with Crippen LogP contribution in [0.1, 0.15) is 75.3 Å². The van der Waals surface area contributed by atoms with Gasteiger partial charge in [-0.15, -0.1) is 0 Å². The van der Waals surface area contributed by atoms with Crippen LogP contribution in [-0.4, -0.2) is 4.21 Å². The Morgan fingerprint density at radius 3 is 1.23 bits per heavy atom. The number of rotatable bonds is 4. The first kappa shape index (κ1) is 18.0. The summed E-state index contributed by atoms with van der Waals surface area (Å²) in [5.41, 5.74) is 2.61. The Balaban J connectivity index is 1.83. The van der Waals surface area contributed by atoms with Crippen LogP contribution in [0.3, 0.4) is 0 Å². The second-order valence-corrected chi connectivity index (χ2v) is 10.2. The summed E-state index contributed by atoms with van der Waals surface area (Å²) in [5.74, 6) is 0. The summed E-state index contributed by atoms with van der Waals surface area (Å²) in [6, 6.07) is 21.6. The van der Waals surface area contributed by atoms with Crippen LogP contribution in [0.4, 0.5) is 0 Å². The van der Waals surface area contributed by atoms with Gasteiger partial charge in [0.1, 0.15) is 0 Å². The van der Waals surface area contributed by atoms with E-state index in [1.165, 1.54) is 49.7 Å². The van der Waals surface area contributed by atoms with Crippen molar-refractivity contribution in [3.8, 4) is 0 Å². The average Bonchev–Trinajstić information content (AvgIpc) is 2.75. The highest BCUT2D eigenvalue weighted by atomic mass is 32.2. The summed E-state index contributed by atoms with van der Waals surface area (Å²) in [6.45, 7) is 0. The Morgan fingerprint density at radius 1 is 0.538 bits per heavy atom. The van der Waals surface area contributed by atoms with E-state index in [9.17, 15) is 4.21 Å². The lowest BCUT2D eigenvalue weighted by molar-refractivity contribution is 0.355. The first-order valence-corrected chi connectivity index (χ1v) is 11.5. The summed E-state index contributed by atoms with van der Waals surface area (Å²) in [5, 5.41) is 0. The van der Waals surface area contributed by atoms with Crippen molar-refractivity contribution in [1.29, 1.82) is 0 Å². The van der Waals surface area contributed by atoms with Gasteiger partial charge >= 0.3 is 0 Å². The molecular weight excluding hydrogens is 336 g/mol. The van der Waals surface area contributed by atoms with Gasteiger partial charge in [-0.05, 0) is 36.8 Å². The van der Waals surface area contributed by atoms with Gasteiger partial charge in [0.15, 0.2) is 0 Å². The fourth-order valence-electron chi connectivity index (χ4n) is 5.27. The van der Waals surface area contributed by atoms with E-state index in [1.807, 2.05) is 0 Å². The third-order valence-corrected chi connectivity index (χ3v) is 9.34. The van der Waals surface area contributed by atoms with Crippen LogP contribution in [0.25, 0.3) is 0 Å². The third-order valence-electron chi connectivity index (χ3n) is 6.63. The molecule has 2 aliphatic carbocycles. The van der Waals surface area contributed by atoms with Gasteiger partial charge in [-0.3, -0.25) is 4.21 Å². The van der Waals surface area contributed by atoms with Crippen LogP contribution in [-0.2, 0) is 20.3 Å². The van der Waals surface area contributed by atoms with Gasteiger partial charge in [-0.25, -0.2) is 0 Å². The predicted molar refractivity (Wildman–Crippen MR) is 111 cm³/mol. The van der Waals surface area contributed by atoms with Crippen LogP contribution in [0, 0.1) is 0 Å². The Hall–Kier alpha value is -1.41. The van der Waals surface area contributed by atoms with Crippen LogP contribution < -0.4 is 0 Å². The normalized spacial score (nSPS) is 22.2. The zero-order valence-electron chi connectivity index (χ0n) is 15.7. The van der Waals surface area contributed by atoms with Crippen molar-refractivity contribution in [2.24, 2.45) is 0 Å². The molecule has 0 spiro atoms. The molecule has 138 valence electrons. The third kappa shape index (κ3) is 3.07. The fraction of sp³-hybridized carbons (Fsp3) is 0.500. The lowest BCUT2D eigenvalue weighted by Crippen LogP contribution is -2.46. The molecule has 2 saturated carbocycles. The molecule has 0 radical (unpaired) electrons. The Morgan fingerprint density at radius 2 is 0.885 bits per heavy atom. The molecule has 4 rings (SSSR count). The average molecular weight is 367 g/mol. The van der Waals surface area contributed by atoms with Crippen molar-refractivity contribution in [2.45, 2.75) is 73.7 Å². The van der Waals surface area contributed by atoms with Gasteiger partial charge in [0.25, 0.3) is 0 Å². The number of benzene rings is 2. The zero-order chi connectivity index (χ0) is 17.9. The van der Waals surface area contributed by atoms with E-state index in [4.69, 9.17) is 0 Å². The largest absolute Gasteiger partial charge is 0.258 e. The van der Waals surface area contributed by atoms with E-state index in [1.54, 1.807) is 0 Å². The van der Waals surface area contributed by atoms with E-state index in [0.29, 0.717) is 0 Å². The molecule has 0 aliphatic heterocycles. The van der Waals surface area contributed by atoms with Crippen LogP contribution >= 0.6 is 0 Å². The van der Waals surface area contributed by atoms with Crippen LogP contribution in [0.2, 0.25) is 0 Å². The van der Waals surface area contributed by atoms with Gasteiger partial charge in [-0.2, -0.15) is 0 Å². The molecule has 0 bridgehead atoms. The van der Waals surface area contributed by atoms with Crippen molar-refractivity contribution in [3.63, 3.8) is 0 Å². The SMILES string of the molecule is O=S(C1(c2ccccc2)CCCCC1)C1(c2ccccc2)CCCCC1. The number of hydrogen-bond acceptors (Lipinski definition) is 1. The maximum absolute atomic E-state index is 14.5. The van der Waals surface area contributed by atoms with Gasteiger partial charge in [0.05, 0.1) is 9.49 Å². The van der Waals surface area contributed by atoms with Gasteiger partial charge in [-0.1, -0.05) is 99.2 Å². The highest BCUT2D eigenvalue weighted by Crippen LogP contribution is 2.53. The van der Waals surface area contributed by atoms with Crippen LogP contribution in [0.5, 0.6) is 0 Å². The van der Waals surface area contributed by atoms with E-state index in [0.717, 1.165) is 25.7 Å². The van der Waals surface area contributed by atoms with Crippen LogP contribution in [0.15, 0.2) is 60.7 Å². The smallest absolute Gasteiger partial charge is 0.0716 e. The molecule has 2 aliphatic rings. The Kier molecular flexibility index (Phi) is 5.31. The zero-order valence-corrected chi connectivity index (χ0v) is 16.5. The van der Waals surface area contributed by atoms with E-state index in [-0.39, 0.29) is 9.49 Å². The maximum Gasteiger partial charge on any atom is 0.0716 e. The minimum atomic E-state index is -0.912. The van der Waals surface area contributed by atoms with Crippen molar-refractivity contribution >= 4 is 10.8 Å². The van der Waals surface area contributed by atoms with Gasteiger partial charge in [0, 0.05) is 10.8 Å². The predicted octanol–water partition coefficient (Wildman–Crippen LogP) is 6.45.